The number of benzene rings is 1. The quantitative estimate of drug-likeness (QED) is 0.664. The number of anilines is 1. The molecule has 0 spiro atoms. The molecule has 1 aliphatic heterocycles. The lowest BCUT2D eigenvalue weighted by Gasteiger charge is -2.19. The summed E-state index contributed by atoms with van der Waals surface area (Å²) in [5, 5.41) is 10.9. The maximum absolute atomic E-state index is 12.2. The van der Waals surface area contributed by atoms with Crippen molar-refractivity contribution in [3.63, 3.8) is 0 Å². The Kier molecular flexibility index (Phi) is 4.64. The minimum absolute atomic E-state index is 0.000702. The number of nitrogens with zero attached hydrogens (tertiary/aromatic N) is 1. The van der Waals surface area contributed by atoms with Gasteiger partial charge in [0.1, 0.15) is 5.75 Å². The Balaban J connectivity index is 2.09. The van der Waals surface area contributed by atoms with Crippen LogP contribution in [0.15, 0.2) is 18.2 Å². The van der Waals surface area contributed by atoms with Gasteiger partial charge in [-0.2, -0.15) is 5.26 Å². The van der Waals surface area contributed by atoms with Crippen LogP contribution in [0.1, 0.15) is 23.7 Å². The number of ether oxygens (including phenoxy) is 1. The first kappa shape index (κ1) is 14.4. The molecule has 104 valence electrons. The fourth-order valence-corrected chi connectivity index (χ4v) is 2.68. The summed E-state index contributed by atoms with van der Waals surface area (Å²) in [7, 11) is 0. The van der Waals surface area contributed by atoms with Crippen LogP contribution >= 0.6 is 11.8 Å². The van der Waals surface area contributed by atoms with Gasteiger partial charge in [0.05, 0.1) is 17.0 Å². The van der Waals surface area contributed by atoms with E-state index in [2.05, 4.69) is 11.4 Å². The molecule has 0 aliphatic carbocycles. The number of Topliss-reactive ketones (excluding diaryl/α,β-unsaturated/α-hetero) is 1. The molecule has 1 aliphatic rings. The fraction of sp³-hybridized carbons (Fsp3) is 0.357. The number of ketones is 1. The van der Waals surface area contributed by atoms with Crippen LogP contribution in [-0.2, 0) is 4.79 Å². The summed E-state index contributed by atoms with van der Waals surface area (Å²) in [6.45, 7) is 1.82. The molecule has 1 N–H and O–H groups in total. The van der Waals surface area contributed by atoms with E-state index < -0.39 is 0 Å². The number of thioether (sulfide) groups is 1. The summed E-state index contributed by atoms with van der Waals surface area (Å²) in [6, 6.07) is 7.07. The van der Waals surface area contributed by atoms with Crippen LogP contribution in [0.25, 0.3) is 0 Å². The number of nitrogens with one attached hydrogen (secondary N) is 1. The van der Waals surface area contributed by atoms with Crippen molar-refractivity contribution >= 4 is 29.1 Å². The molecule has 5 nitrogen and oxygen atoms in total. The van der Waals surface area contributed by atoms with Crippen LogP contribution in [0.3, 0.4) is 0 Å². The predicted molar refractivity (Wildman–Crippen MR) is 77.0 cm³/mol. The van der Waals surface area contributed by atoms with E-state index in [-0.39, 0.29) is 23.5 Å². The van der Waals surface area contributed by atoms with Gasteiger partial charge in [-0.25, -0.2) is 0 Å². The zero-order valence-electron chi connectivity index (χ0n) is 11.0. The maximum atomic E-state index is 12.2. The van der Waals surface area contributed by atoms with Crippen molar-refractivity contribution in [2.75, 3.05) is 17.7 Å². The summed E-state index contributed by atoms with van der Waals surface area (Å²) in [5.74, 6) is 0.967. The highest BCUT2D eigenvalue weighted by atomic mass is 32.2. The molecule has 0 fully saturated rings. The SMILES string of the molecule is CC(SCCC#N)C(=O)c1ccc2c(c1)NC(=O)CO2. The number of nitriles is 1. The molecule has 0 aromatic heterocycles. The molecular formula is C14H14N2O3S. The highest BCUT2D eigenvalue weighted by molar-refractivity contribution is 8.00. The number of hydrogen-bond donors (Lipinski definition) is 1. The second-order valence-corrected chi connectivity index (χ2v) is 5.78. The average Bonchev–Trinajstić information content (AvgIpc) is 2.45. The lowest BCUT2D eigenvalue weighted by Crippen LogP contribution is -2.25. The third-order valence-electron chi connectivity index (χ3n) is 2.85. The molecule has 6 heteroatoms. The zero-order chi connectivity index (χ0) is 14.5. The molecule has 1 unspecified atom stereocenters. The maximum Gasteiger partial charge on any atom is 0.262 e. The molecule has 0 saturated carbocycles. The standard InChI is InChI=1S/C14H14N2O3S/c1-9(20-6-2-5-15)14(18)10-3-4-12-11(7-10)16-13(17)8-19-12/h3-4,7,9H,2,6,8H2,1H3,(H,16,17). The van der Waals surface area contributed by atoms with Crippen molar-refractivity contribution in [3.8, 4) is 11.8 Å². The van der Waals surface area contributed by atoms with E-state index in [1.165, 1.54) is 11.8 Å². The lowest BCUT2D eigenvalue weighted by atomic mass is 10.1. The van der Waals surface area contributed by atoms with E-state index in [4.69, 9.17) is 10.00 Å². The van der Waals surface area contributed by atoms with E-state index in [9.17, 15) is 9.59 Å². The number of fused-ring (bicyclic) bond motifs is 1. The van der Waals surface area contributed by atoms with Gasteiger partial charge < -0.3 is 10.1 Å². The van der Waals surface area contributed by atoms with E-state index >= 15 is 0 Å². The van der Waals surface area contributed by atoms with Gasteiger partial charge in [-0.1, -0.05) is 0 Å². The van der Waals surface area contributed by atoms with Crippen LogP contribution in [0.2, 0.25) is 0 Å². The summed E-state index contributed by atoms with van der Waals surface area (Å²) >= 11 is 1.45. The van der Waals surface area contributed by atoms with E-state index in [0.717, 1.165) is 0 Å². The van der Waals surface area contributed by atoms with Crippen molar-refractivity contribution in [1.29, 1.82) is 5.26 Å². The number of carbonyl (C=O) groups excluding carboxylic acids is 2. The summed E-state index contributed by atoms with van der Waals surface area (Å²) in [5.41, 5.74) is 1.06. The van der Waals surface area contributed by atoms with Crippen LogP contribution in [0.5, 0.6) is 5.75 Å². The highest BCUT2D eigenvalue weighted by Crippen LogP contribution is 2.29. The topological polar surface area (TPSA) is 79.2 Å². The predicted octanol–water partition coefficient (Wildman–Crippen LogP) is 2.24. The molecule has 2 rings (SSSR count). The smallest absolute Gasteiger partial charge is 0.262 e. The molecule has 0 radical (unpaired) electrons. The van der Waals surface area contributed by atoms with Crippen LogP contribution < -0.4 is 10.1 Å². The molecule has 20 heavy (non-hydrogen) atoms. The van der Waals surface area contributed by atoms with Gasteiger partial charge in [0.25, 0.3) is 5.91 Å². The Hall–Kier alpha value is -2.00. The van der Waals surface area contributed by atoms with Gasteiger partial charge in [0.2, 0.25) is 0 Å². The first-order chi connectivity index (χ1) is 9.61. The Morgan fingerprint density at radius 2 is 2.40 bits per heavy atom. The van der Waals surface area contributed by atoms with Crippen LogP contribution in [-0.4, -0.2) is 29.3 Å². The van der Waals surface area contributed by atoms with Crippen molar-refractivity contribution in [2.24, 2.45) is 0 Å². The van der Waals surface area contributed by atoms with Gasteiger partial charge in [0.15, 0.2) is 12.4 Å². The van der Waals surface area contributed by atoms with E-state index in [1.54, 1.807) is 18.2 Å². The van der Waals surface area contributed by atoms with Crippen LogP contribution in [0, 0.1) is 11.3 Å². The number of carbonyl (C=O) groups is 2. The monoisotopic (exact) mass is 290 g/mol. The zero-order valence-corrected chi connectivity index (χ0v) is 11.8. The second kappa shape index (κ2) is 6.44. The minimum Gasteiger partial charge on any atom is -0.482 e. The average molecular weight is 290 g/mol. The Morgan fingerprint density at radius 1 is 1.60 bits per heavy atom. The second-order valence-electron chi connectivity index (χ2n) is 4.33. The molecular weight excluding hydrogens is 276 g/mol. The number of rotatable bonds is 5. The highest BCUT2D eigenvalue weighted by Gasteiger charge is 2.20. The van der Waals surface area contributed by atoms with Crippen molar-refractivity contribution in [2.45, 2.75) is 18.6 Å². The van der Waals surface area contributed by atoms with Crippen molar-refractivity contribution in [1.82, 2.24) is 0 Å². The van der Waals surface area contributed by atoms with Gasteiger partial charge in [-0.15, -0.1) is 11.8 Å². The summed E-state index contributed by atoms with van der Waals surface area (Å²) in [4.78, 5) is 23.5. The molecule has 0 bridgehead atoms. The molecule has 0 saturated heterocycles. The van der Waals surface area contributed by atoms with E-state index in [1.807, 2.05) is 6.92 Å². The summed E-state index contributed by atoms with van der Waals surface area (Å²) in [6.07, 6.45) is 0.427. The van der Waals surface area contributed by atoms with Crippen molar-refractivity contribution in [3.05, 3.63) is 23.8 Å². The minimum atomic E-state index is -0.224. The fourth-order valence-electron chi connectivity index (χ4n) is 1.83. The third-order valence-corrected chi connectivity index (χ3v) is 4.00. The van der Waals surface area contributed by atoms with Gasteiger partial charge in [-0.3, -0.25) is 9.59 Å². The Bertz CT molecular complexity index is 580. The first-order valence-electron chi connectivity index (χ1n) is 6.21. The van der Waals surface area contributed by atoms with Crippen molar-refractivity contribution < 1.29 is 14.3 Å². The van der Waals surface area contributed by atoms with Crippen LogP contribution in [0.4, 0.5) is 5.69 Å². The Labute approximate surface area is 121 Å². The molecule has 1 heterocycles. The third kappa shape index (κ3) is 3.31. The molecule has 1 amide bonds. The molecule has 1 aromatic carbocycles. The Morgan fingerprint density at radius 3 is 3.15 bits per heavy atom. The van der Waals surface area contributed by atoms with Gasteiger partial charge >= 0.3 is 0 Å². The lowest BCUT2D eigenvalue weighted by molar-refractivity contribution is -0.118. The normalized spacial score (nSPS) is 14.5. The van der Waals surface area contributed by atoms with Gasteiger partial charge in [-0.05, 0) is 25.1 Å². The number of hydrogen-bond acceptors (Lipinski definition) is 5. The molecule has 1 atom stereocenters. The van der Waals surface area contributed by atoms with Gasteiger partial charge in [0, 0.05) is 17.7 Å². The number of amides is 1. The molecule has 1 aromatic rings. The van der Waals surface area contributed by atoms with E-state index in [0.29, 0.717) is 29.2 Å². The largest absolute Gasteiger partial charge is 0.482 e. The first-order valence-corrected chi connectivity index (χ1v) is 7.26. The summed E-state index contributed by atoms with van der Waals surface area (Å²) < 4.78 is 5.25.